The van der Waals surface area contributed by atoms with E-state index in [1.165, 1.54) is 29.2 Å². The summed E-state index contributed by atoms with van der Waals surface area (Å²) in [5.41, 5.74) is 1.29. The van der Waals surface area contributed by atoms with Gasteiger partial charge in [0, 0.05) is 28.1 Å². The van der Waals surface area contributed by atoms with Crippen LogP contribution >= 0.6 is 23.1 Å². The number of aromatic nitrogens is 2. The number of aryl methyl sites for hydroxylation is 1. The number of esters is 1. The highest BCUT2D eigenvalue weighted by molar-refractivity contribution is 7.99. The molecule has 0 saturated heterocycles. The molecule has 3 heterocycles. The molecule has 3 N–H and O–H groups in total. The van der Waals surface area contributed by atoms with Crippen LogP contribution in [0.1, 0.15) is 36.9 Å². The summed E-state index contributed by atoms with van der Waals surface area (Å²) in [6, 6.07) is 4.22. The molecule has 10 heteroatoms. The predicted octanol–water partition coefficient (Wildman–Crippen LogP) is 2.75. The number of H-pyrrole nitrogens is 1. The van der Waals surface area contributed by atoms with E-state index in [4.69, 9.17) is 4.74 Å². The topological polar surface area (TPSA) is 113 Å². The van der Waals surface area contributed by atoms with Gasteiger partial charge in [0.1, 0.15) is 0 Å². The number of carbonyl (C=O) groups is 2. The Kier molecular flexibility index (Phi) is 7.10. The first kappa shape index (κ1) is 21.1. The Balaban J connectivity index is 1.92. The quantitative estimate of drug-likeness (QED) is 0.334. The number of aromatic amines is 1. The SMILES string of the molecule is CCCc1cc(=O)[nH]c(SCC2=C(C(=O)OCC)[C@H](c3cccs3)NC(=O)N2)n1. The lowest BCUT2D eigenvalue weighted by Gasteiger charge is -2.28. The van der Waals surface area contributed by atoms with Gasteiger partial charge in [0.15, 0.2) is 5.16 Å². The van der Waals surface area contributed by atoms with Gasteiger partial charge in [-0.2, -0.15) is 0 Å². The lowest BCUT2D eigenvalue weighted by Crippen LogP contribution is -2.46. The number of rotatable bonds is 8. The lowest BCUT2D eigenvalue weighted by molar-refractivity contribution is -0.139. The molecule has 8 nitrogen and oxygen atoms in total. The van der Waals surface area contributed by atoms with E-state index in [0.717, 1.165) is 11.3 Å². The van der Waals surface area contributed by atoms with Gasteiger partial charge >= 0.3 is 12.0 Å². The molecule has 1 atom stereocenters. The maximum atomic E-state index is 12.7. The number of ether oxygens (including phenoxy) is 1. The smallest absolute Gasteiger partial charge is 0.338 e. The van der Waals surface area contributed by atoms with Crippen molar-refractivity contribution >= 4 is 35.1 Å². The van der Waals surface area contributed by atoms with Crippen LogP contribution in [0.25, 0.3) is 0 Å². The Bertz CT molecular complexity index is 969. The molecule has 2 aromatic heterocycles. The first-order chi connectivity index (χ1) is 14.0. The van der Waals surface area contributed by atoms with Crippen LogP contribution in [-0.4, -0.2) is 34.3 Å². The van der Waals surface area contributed by atoms with Crippen molar-refractivity contribution in [3.8, 4) is 0 Å². The van der Waals surface area contributed by atoms with E-state index in [1.807, 2.05) is 24.4 Å². The molecular formula is C19H22N4O4S2. The Morgan fingerprint density at radius 2 is 2.17 bits per heavy atom. The molecule has 2 aromatic rings. The van der Waals surface area contributed by atoms with Gasteiger partial charge in [-0.05, 0) is 24.8 Å². The second kappa shape index (κ2) is 9.75. The zero-order chi connectivity index (χ0) is 20.8. The van der Waals surface area contributed by atoms with E-state index < -0.39 is 18.0 Å². The molecule has 0 unspecified atom stereocenters. The van der Waals surface area contributed by atoms with Crippen molar-refractivity contribution in [2.75, 3.05) is 12.4 Å². The number of nitrogens with zero attached hydrogens (tertiary/aromatic N) is 1. The van der Waals surface area contributed by atoms with Crippen LogP contribution in [0.4, 0.5) is 4.79 Å². The summed E-state index contributed by atoms with van der Waals surface area (Å²) in [6.45, 7) is 3.97. The van der Waals surface area contributed by atoms with Gasteiger partial charge in [-0.3, -0.25) is 4.79 Å². The first-order valence-corrected chi connectivity index (χ1v) is 11.1. The number of amides is 2. The Labute approximate surface area is 176 Å². The van der Waals surface area contributed by atoms with Gasteiger partial charge in [0.05, 0.1) is 18.2 Å². The highest BCUT2D eigenvalue weighted by atomic mass is 32.2. The minimum atomic E-state index is -0.586. The Morgan fingerprint density at radius 1 is 1.34 bits per heavy atom. The van der Waals surface area contributed by atoms with Crippen LogP contribution < -0.4 is 16.2 Å². The van der Waals surface area contributed by atoms with Gasteiger partial charge in [-0.25, -0.2) is 14.6 Å². The van der Waals surface area contributed by atoms with Crippen LogP contribution in [-0.2, 0) is 16.0 Å². The summed E-state index contributed by atoms with van der Waals surface area (Å²) in [7, 11) is 0. The van der Waals surface area contributed by atoms with E-state index in [9.17, 15) is 14.4 Å². The predicted molar refractivity (Wildman–Crippen MR) is 112 cm³/mol. The van der Waals surface area contributed by atoms with Gasteiger partial charge in [-0.1, -0.05) is 31.2 Å². The van der Waals surface area contributed by atoms with E-state index in [1.54, 1.807) is 6.92 Å². The molecule has 0 radical (unpaired) electrons. The third-order valence-electron chi connectivity index (χ3n) is 4.11. The van der Waals surface area contributed by atoms with Crippen molar-refractivity contribution in [2.45, 2.75) is 37.9 Å². The molecule has 1 aliphatic heterocycles. The fraction of sp³-hybridized carbons (Fsp3) is 0.368. The summed E-state index contributed by atoms with van der Waals surface area (Å²) < 4.78 is 5.23. The largest absolute Gasteiger partial charge is 0.463 e. The fourth-order valence-corrected chi connectivity index (χ4v) is 4.57. The van der Waals surface area contributed by atoms with E-state index in [2.05, 4.69) is 20.6 Å². The van der Waals surface area contributed by atoms with Crippen LogP contribution in [0.3, 0.4) is 0 Å². The maximum absolute atomic E-state index is 12.7. The Hall–Kier alpha value is -2.59. The van der Waals surface area contributed by atoms with Crippen LogP contribution in [0.5, 0.6) is 0 Å². The number of hydrogen-bond acceptors (Lipinski definition) is 7. The second-order valence-electron chi connectivity index (χ2n) is 6.24. The van der Waals surface area contributed by atoms with Gasteiger partial charge in [-0.15, -0.1) is 11.3 Å². The Morgan fingerprint density at radius 3 is 2.86 bits per heavy atom. The number of thiophene rings is 1. The average Bonchev–Trinajstić information content (AvgIpc) is 3.20. The van der Waals surface area contributed by atoms with Gasteiger partial charge in [0.25, 0.3) is 5.56 Å². The fourth-order valence-electron chi connectivity index (χ4n) is 2.93. The monoisotopic (exact) mass is 434 g/mol. The molecule has 29 heavy (non-hydrogen) atoms. The molecule has 0 spiro atoms. The zero-order valence-electron chi connectivity index (χ0n) is 16.1. The van der Waals surface area contributed by atoms with Crippen molar-refractivity contribution in [2.24, 2.45) is 0 Å². The molecule has 0 saturated carbocycles. The number of hydrogen-bond donors (Lipinski definition) is 3. The van der Waals surface area contributed by atoms with Crippen LogP contribution in [0.2, 0.25) is 0 Å². The molecule has 0 aliphatic carbocycles. The molecule has 0 bridgehead atoms. The molecule has 0 aromatic carbocycles. The summed E-state index contributed by atoms with van der Waals surface area (Å²) in [6.07, 6.45) is 1.58. The van der Waals surface area contributed by atoms with Crippen molar-refractivity contribution in [1.82, 2.24) is 20.6 Å². The lowest BCUT2D eigenvalue weighted by atomic mass is 10.0. The minimum Gasteiger partial charge on any atom is -0.463 e. The highest BCUT2D eigenvalue weighted by Crippen LogP contribution is 2.32. The van der Waals surface area contributed by atoms with E-state index >= 15 is 0 Å². The molecule has 2 amide bonds. The summed E-state index contributed by atoms with van der Waals surface area (Å²) >= 11 is 2.70. The highest BCUT2D eigenvalue weighted by Gasteiger charge is 2.34. The normalized spacial score (nSPS) is 16.3. The third-order valence-corrected chi connectivity index (χ3v) is 5.95. The number of carbonyl (C=O) groups excluding carboxylic acids is 2. The number of thioether (sulfide) groups is 1. The zero-order valence-corrected chi connectivity index (χ0v) is 17.7. The molecule has 0 fully saturated rings. The average molecular weight is 435 g/mol. The van der Waals surface area contributed by atoms with Crippen LogP contribution in [0, 0.1) is 0 Å². The van der Waals surface area contributed by atoms with Gasteiger partial charge in [0.2, 0.25) is 0 Å². The minimum absolute atomic E-state index is 0.224. The first-order valence-electron chi connectivity index (χ1n) is 9.26. The summed E-state index contributed by atoms with van der Waals surface area (Å²) in [5.74, 6) is -0.239. The summed E-state index contributed by atoms with van der Waals surface area (Å²) in [5, 5.41) is 7.83. The van der Waals surface area contributed by atoms with E-state index in [0.29, 0.717) is 28.5 Å². The maximum Gasteiger partial charge on any atom is 0.338 e. The van der Waals surface area contributed by atoms with Gasteiger partial charge < -0.3 is 20.4 Å². The molecular weight excluding hydrogens is 412 g/mol. The van der Waals surface area contributed by atoms with Crippen LogP contribution in [0.15, 0.2) is 44.8 Å². The summed E-state index contributed by atoms with van der Waals surface area (Å²) in [4.78, 5) is 44.8. The number of nitrogens with one attached hydrogen (secondary N) is 3. The third kappa shape index (κ3) is 5.27. The molecule has 1 aliphatic rings. The number of urea groups is 1. The van der Waals surface area contributed by atoms with E-state index in [-0.39, 0.29) is 17.9 Å². The second-order valence-corrected chi connectivity index (χ2v) is 8.18. The molecule has 154 valence electrons. The molecule has 3 rings (SSSR count). The standard InChI is InChI=1S/C19H22N4O4S2/c1-3-6-11-9-14(24)22-19(20-11)29-10-12-15(17(25)27-4-2)16(23-18(26)21-12)13-7-5-8-28-13/h5,7-9,16H,3-4,6,10H2,1-2H3,(H,20,22,24)(H2,21,23,26)/t16-/m0/s1. The van der Waals surface area contributed by atoms with Crippen molar-refractivity contribution in [1.29, 1.82) is 0 Å². The van der Waals surface area contributed by atoms with Crippen molar-refractivity contribution in [3.05, 3.63) is 55.8 Å². The van der Waals surface area contributed by atoms with Crippen molar-refractivity contribution < 1.29 is 14.3 Å². The van der Waals surface area contributed by atoms with Crippen molar-refractivity contribution in [3.63, 3.8) is 0 Å².